The number of amides is 1. The van der Waals surface area contributed by atoms with Crippen LogP contribution in [-0.2, 0) is 11.3 Å². The molecule has 1 N–H and O–H groups in total. The van der Waals surface area contributed by atoms with Gasteiger partial charge in [-0.25, -0.2) is 0 Å². The molecule has 1 saturated heterocycles. The molecule has 1 aliphatic heterocycles. The highest BCUT2D eigenvalue weighted by molar-refractivity contribution is 8.00. The lowest BCUT2D eigenvalue weighted by atomic mass is 10.3. The van der Waals surface area contributed by atoms with Crippen molar-refractivity contribution < 1.29 is 9.21 Å². The number of nitrogens with zero attached hydrogens (tertiary/aromatic N) is 4. The van der Waals surface area contributed by atoms with Crippen LogP contribution in [-0.4, -0.2) is 39.0 Å². The minimum Gasteiger partial charge on any atom is -0.467 e. The molecule has 1 aliphatic rings. The average molecular weight is 466 g/mol. The summed E-state index contributed by atoms with van der Waals surface area (Å²) in [5.74, 6) is 1.41. The predicted molar refractivity (Wildman–Crippen MR) is 120 cm³/mol. The van der Waals surface area contributed by atoms with Crippen molar-refractivity contribution in [3.05, 3.63) is 52.4 Å². The van der Waals surface area contributed by atoms with Gasteiger partial charge in [0.2, 0.25) is 11.9 Å². The topological polar surface area (TPSA) is 76.2 Å². The van der Waals surface area contributed by atoms with Gasteiger partial charge in [-0.2, -0.15) is 0 Å². The van der Waals surface area contributed by atoms with Gasteiger partial charge in [0.1, 0.15) is 5.76 Å². The second kappa shape index (κ2) is 9.32. The van der Waals surface area contributed by atoms with Gasteiger partial charge in [0.15, 0.2) is 5.16 Å². The second-order valence-corrected chi connectivity index (χ2v) is 9.09. The van der Waals surface area contributed by atoms with Crippen molar-refractivity contribution in [3.63, 3.8) is 0 Å². The van der Waals surface area contributed by atoms with E-state index in [0.717, 1.165) is 37.6 Å². The molecule has 4 rings (SSSR count). The molecule has 7 nitrogen and oxygen atoms in total. The molecular weight excluding hydrogens is 445 g/mol. The van der Waals surface area contributed by atoms with Gasteiger partial charge in [0.05, 0.1) is 33.8 Å². The highest BCUT2D eigenvalue weighted by Crippen LogP contribution is 2.32. The normalized spacial score (nSPS) is 14.8. The van der Waals surface area contributed by atoms with Crippen molar-refractivity contribution in [3.8, 4) is 0 Å². The molecule has 0 bridgehead atoms. The number of hydrogen-bond donors (Lipinski definition) is 1. The summed E-state index contributed by atoms with van der Waals surface area (Å²) in [6.45, 7) is 4.22. The number of benzene rings is 1. The molecule has 1 fully saturated rings. The highest BCUT2D eigenvalue weighted by atomic mass is 35.5. The van der Waals surface area contributed by atoms with E-state index in [1.807, 2.05) is 23.6 Å². The number of carbonyl (C=O) groups is 1. The third kappa shape index (κ3) is 4.61. The number of carbonyl (C=O) groups excluding carboxylic acids is 1. The molecule has 1 unspecified atom stereocenters. The zero-order valence-electron chi connectivity index (χ0n) is 16.3. The van der Waals surface area contributed by atoms with Gasteiger partial charge in [-0.3, -0.25) is 9.36 Å². The molecule has 3 heterocycles. The van der Waals surface area contributed by atoms with Gasteiger partial charge >= 0.3 is 0 Å². The molecule has 2 aromatic heterocycles. The lowest BCUT2D eigenvalue weighted by Gasteiger charge is -2.18. The Morgan fingerprint density at radius 3 is 2.77 bits per heavy atom. The van der Waals surface area contributed by atoms with Crippen LogP contribution in [0.15, 0.2) is 46.2 Å². The Labute approximate surface area is 188 Å². The van der Waals surface area contributed by atoms with Gasteiger partial charge in [0.25, 0.3) is 0 Å². The quantitative estimate of drug-likeness (QED) is 0.497. The second-order valence-electron chi connectivity index (χ2n) is 6.99. The maximum Gasteiger partial charge on any atom is 0.237 e. The molecular formula is C20H21Cl2N5O2S. The Hall–Kier alpha value is -2.16. The number of rotatable bonds is 7. The molecule has 0 aliphatic carbocycles. The van der Waals surface area contributed by atoms with E-state index in [1.54, 1.807) is 24.5 Å². The number of thioether (sulfide) groups is 1. The summed E-state index contributed by atoms with van der Waals surface area (Å²) in [7, 11) is 0. The summed E-state index contributed by atoms with van der Waals surface area (Å²) in [5.41, 5.74) is 0.483. The summed E-state index contributed by atoms with van der Waals surface area (Å²) in [6.07, 6.45) is 3.91. The third-order valence-corrected chi connectivity index (χ3v) is 6.74. The standard InChI is InChI=1S/C20H21Cl2N5O2S/c1-13(18(28)23-16-8-4-7-15(21)17(16)22)30-20-25-24-19(26-9-2-3-10-26)27(20)12-14-6-5-11-29-14/h4-8,11,13H,2-3,9-10,12H2,1H3,(H,23,28). The highest BCUT2D eigenvalue weighted by Gasteiger charge is 2.25. The van der Waals surface area contributed by atoms with Crippen LogP contribution in [0.4, 0.5) is 11.6 Å². The largest absolute Gasteiger partial charge is 0.467 e. The fourth-order valence-electron chi connectivity index (χ4n) is 3.26. The summed E-state index contributed by atoms with van der Waals surface area (Å²) >= 11 is 13.6. The van der Waals surface area contributed by atoms with Gasteiger partial charge in [0, 0.05) is 13.1 Å². The summed E-state index contributed by atoms with van der Waals surface area (Å²) in [4.78, 5) is 15.0. The number of anilines is 2. The van der Waals surface area contributed by atoms with E-state index in [-0.39, 0.29) is 5.91 Å². The van der Waals surface area contributed by atoms with E-state index in [0.29, 0.717) is 27.4 Å². The first-order chi connectivity index (χ1) is 14.5. The summed E-state index contributed by atoms with van der Waals surface area (Å²) in [6, 6.07) is 8.90. The zero-order valence-corrected chi connectivity index (χ0v) is 18.7. The van der Waals surface area contributed by atoms with Crippen LogP contribution in [0, 0.1) is 0 Å². The van der Waals surface area contributed by atoms with Crippen molar-refractivity contribution in [1.29, 1.82) is 0 Å². The first kappa shape index (κ1) is 21.1. The maximum absolute atomic E-state index is 12.8. The summed E-state index contributed by atoms with van der Waals surface area (Å²) in [5, 5.41) is 12.6. The Balaban J connectivity index is 1.52. The first-order valence-corrected chi connectivity index (χ1v) is 11.3. The van der Waals surface area contributed by atoms with Gasteiger partial charge in [-0.05, 0) is 44.0 Å². The number of halogens is 2. The Bertz CT molecular complexity index is 1020. The van der Waals surface area contributed by atoms with Crippen molar-refractivity contribution in [1.82, 2.24) is 14.8 Å². The van der Waals surface area contributed by atoms with E-state index in [4.69, 9.17) is 27.6 Å². The fourth-order valence-corrected chi connectivity index (χ4v) is 4.45. The van der Waals surface area contributed by atoms with Gasteiger partial charge in [-0.1, -0.05) is 41.0 Å². The van der Waals surface area contributed by atoms with Gasteiger partial charge in [-0.15, -0.1) is 10.2 Å². The van der Waals surface area contributed by atoms with Crippen LogP contribution in [0.5, 0.6) is 0 Å². The average Bonchev–Trinajstić information content (AvgIpc) is 3.49. The smallest absolute Gasteiger partial charge is 0.237 e. The van der Waals surface area contributed by atoms with E-state index in [1.165, 1.54) is 11.8 Å². The van der Waals surface area contributed by atoms with E-state index >= 15 is 0 Å². The molecule has 30 heavy (non-hydrogen) atoms. The molecule has 10 heteroatoms. The number of nitrogens with one attached hydrogen (secondary N) is 1. The first-order valence-electron chi connectivity index (χ1n) is 9.65. The Morgan fingerprint density at radius 2 is 2.03 bits per heavy atom. The number of hydrogen-bond acceptors (Lipinski definition) is 6. The van der Waals surface area contributed by atoms with Crippen molar-refractivity contribution >= 4 is 52.5 Å². The molecule has 1 aromatic carbocycles. The molecule has 158 valence electrons. The van der Waals surface area contributed by atoms with E-state index in [2.05, 4.69) is 20.4 Å². The third-order valence-electron chi connectivity index (χ3n) is 4.84. The van der Waals surface area contributed by atoms with Crippen molar-refractivity contribution in [2.45, 2.75) is 36.7 Å². The molecule has 0 saturated carbocycles. The van der Waals surface area contributed by atoms with E-state index < -0.39 is 5.25 Å². The van der Waals surface area contributed by atoms with Crippen molar-refractivity contribution in [2.75, 3.05) is 23.3 Å². The minimum absolute atomic E-state index is 0.195. The van der Waals surface area contributed by atoms with Crippen LogP contribution >= 0.6 is 35.0 Å². The monoisotopic (exact) mass is 465 g/mol. The predicted octanol–water partition coefficient (Wildman–Crippen LogP) is 4.95. The maximum atomic E-state index is 12.8. The summed E-state index contributed by atoms with van der Waals surface area (Å²) < 4.78 is 7.53. The van der Waals surface area contributed by atoms with E-state index in [9.17, 15) is 4.79 Å². The fraction of sp³-hybridized carbons (Fsp3) is 0.350. The Morgan fingerprint density at radius 1 is 1.23 bits per heavy atom. The molecule has 1 atom stereocenters. The zero-order chi connectivity index (χ0) is 21.1. The van der Waals surface area contributed by atoms with Crippen LogP contribution in [0.3, 0.4) is 0 Å². The van der Waals surface area contributed by atoms with Crippen LogP contribution in [0.25, 0.3) is 0 Å². The molecule has 1 amide bonds. The molecule has 3 aromatic rings. The van der Waals surface area contributed by atoms with Crippen LogP contribution in [0.1, 0.15) is 25.5 Å². The minimum atomic E-state index is -0.425. The van der Waals surface area contributed by atoms with Crippen LogP contribution in [0.2, 0.25) is 10.0 Å². The lowest BCUT2D eigenvalue weighted by Crippen LogP contribution is -2.24. The number of aromatic nitrogens is 3. The molecule has 0 spiro atoms. The van der Waals surface area contributed by atoms with Crippen LogP contribution < -0.4 is 10.2 Å². The SMILES string of the molecule is CC(Sc1nnc(N2CCCC2)n1Cc1ccco1)C(=O)Nc1cccc(Cl)c1Cl. The molecule has 0 radical (unpaired) electrons. The lowest BCUT2D eigenvalue weighted by molar-refractivity contribution is -0.115. The van der Waals surface area contributed by atoms with Crippen molar-refractivity contribution in [2.24, 2.45) is 0 Å². The van der Waals surface area contributed by atoms with Gasteiger partial charge < -0.3 is 14.6 Å². The number of furan rings is 1. The Kier molecular flexibility index (Phi) is 6.55.